The Morgan fingerprint density at radius 2 is 2.00 bits per heavy atom. The number of fused-ring (bicyclic) bond motifs is 1. The number of anilines is 1. The number of benzene rings is 1. The normalized spacial score (nSPS) is 21.2. The maximum atomic E-state index is 12.7. The third kappa shape index (κ3) is 3.15. The Hall–Kier alpha value is -3.49. The van der Waals surface area contributed by atoms with Gasteiger partial charge in [0.1, 0.15) is 12.3 Å². The van der Waals surface area contributed by atoms with Crippen LogP contribution in [0.1, 0.15) is 19.1 Å². The van der Waals surface area contributed by atoms with Gasteiger partial charge in [0.05, 0.1) is 19.5 Å². The molecule has 2 aliphatic rings. The Kier molecular flexibility index (Phi) is 4.42. The van der Waals surface area contributed by atoms with Crippen molar-refractivity contribution in [3.8, 4) is 11.5 Å². The topological polar surface area (TPSA) is 110 Å². The fraction of sp³-hybridized carbons (Fsp3) is 0.316. The lowest BCUT2D eigenvalue weighted by Crippen LogP contribution is -2.41. The Labute approximate surface area is 160 Å². The fourth-order valence-electron chi connectivity index (χ4n) is 3.16. The average Bonchev–Trinajstić information content (AvgIpc) is 3.20. The van der Waals surface area contributed by atoms with Crippen molar-refractivity contribution in [1.29, 1.82) is 0 Å². The van der Waals surface area contributed by atoms with Crippen LogP contribution in [0.4, 0.5) is 10.5 Å². The third-order valence-corrected chi connectivity index (χ3v) is 4.62. The Bertz CT molecular complexity index is 926. The van der Waals surface area contributed by atoms with Crippen molar-refractivity contribution >= 4 is 23.5 Å². The summed E-state index contributed by atoms with van der Waals surface area (Å²) < 4.78 is 16.4. The van der Waals surface area contributed by atoms with E-state index in [4.69, 9.17) is 13.9 Å². The van der Waals surface area contributed by atoms with E-state index in [0.717, 1.165) is 11.3 Å². The molecule has 0 bridgehead atoms. The van der Waals surface area contributed by atoms with E-state index in [0.29, 0.717) is 36.2 Å². The van der Waals surface area contributed by atoms with E-state index in [1.165, 1.54) is 13.2 Å². The summed E-state index contributed by atoms with van der Waals surface area (Å²) in [5.74, 6) is 0.383. The predicted octanol–water partition coefficient (Wildman–Crippen LogP) is 1.85. The average molecular weight is 385 g/mol. The van der Waals surface area contributed by atoms with E-state index in [9.17, 15) is 14.4 Å². The summed E-state index contributed by atoms with van der Waals surface area (Å²) >= 11 is 0. The molecule has 1 saturated heterocycles. The minimum absolute atomic E-state index is 0.302. The summed E-state index contributed by atoms with van der Waals surface area (Å²) in [7, 11) is 0. The van der Waals surface area contributed by atoms with E-state index in [2.05, 4.69) is 10.6 Å². The molecular weight excluding hydrogens is 366 g/mol. The van der Waals surface area contributed by atoms with Crippen molar-refractivity contribution < 1.29 is 28.3 Å². The molecule has 9 heteroatoms. The number of amides is 4. The number of nitrogens with zero attached hydrogens (tertiary/aromatic N) is 1. The number of hydrogen-bond acceptors (Lipinski definition) is 6. The van der Waals surface area contributed by atoms with Crippen molar-refractivity contribution in [1.82, 2.24) is 10.2 Å². The minimum atomic E-state index is -1.34. The number of urea groups is 1. The molecule has 4 amide bonds. The number of ether oxygens (including phenoxy) is 2. The maximum Gasteiger partial charge on any atom is 0.325 e. The van der Waals surface area contributed by atoms with E-state index in [1.54, 1.807) is 30.3 Å². The first kappa shape index (κ1) is 17.9. The maximum absolute atomic E-state index is 12.7. The molecule has 1 aromatic carbocycles. The molecule has 1 aromatic heterocycles. The standard InChI is InChI=1S/C19H19N3O6/c1-19(15-4-2-7-28-15)17(24)22(18(25)21-19)11-16(23)20-12-5-6-13-14(10-12)27-9-3-8-26-13/h2,4-7,10H,3,8-9,11H2,1H3,(H,20,23)(H,21,25)/t19-/m0/s1. The van der Waals surface area contributed by atoms with Crippen LogP contribution in [0.15, 0.2) is 41.0 Å². The highest BCUT2D eigenvalue weighted by atomic mass is 16.5. The molecule has 146 valence electrons. The number of hydrogen-bond donors (Lipinski definition) is 2. The van der Waals surface area contributed by atoms with Crippen molar-refractivity contribution in [2.45, 2.75) is 18.9 Å². The monoisotopic (exact) mass is 385 g/mol. The number of imide groups is 1. The fourth-order valence-corrected chi connectivity index (χ4v) is 3.16. The summed E-state index contributed by atoms with van der Waals surface area (Å²) in [4.78, 5) is 38.2. The van der Waals surface area contributed by atoms with Gasteiger partial charge in [0.25, 0.3) is 5.91 Å². The summed E-state index contributed by atoms with van der Waals surface area (Å²) in [5, 5.41) is 5.25. The second-order valence-corrected chi connectivity index (χ2v) is 6.68. The second kappa shape index (κ2) is 6.91. The molecule has 0 aliphatic carbocycles. The molecule has 9 nitrogen and oxygen atoms in total. The van der Waals surface area contributed by atoms with Crippen molar-refractivity contribution in [3.63, 3.8) is 0 Å². The zero-order valence-electron chi connectivity index (χ0n) is 15.2. The van der Waals surface area contributed by atoms with Gasteiger partial charge in [-0.3, -0.25) is 14.5 Å². The number of furan rings is 1. The first-order chi connectivity index (χ1) is 13.5. The molecule has 0 spiro atoms. The van der Waals surface area contributed by atoms with Crippen molar-refractivity contribution in [2.75, 3.05) is 25.1 Å². The van der Waals surface area contributed by atoms with Gasteiger partial charge in [0, 0.05) is 18.2 Å². The van der Waals surface area contributed by atoms with Crippen LogP contribution in [0.3, 0.4) is 0 Å². The van der Waals surface area contributed by atoms with Gasteiger partial charge in [0.15, 0.2) is 17.0 Å². The van der Waals surface area contributed by atoms with Gasteiger partial charge in [-0.25, -0.2) is 4.79 Å². The van der Waals surface area contributed by atoms with Crippen molar-refractivity contribution in [2.24, 2.45) is 0 Å². The van der Waals surface area contributed by atoms with Gasteiger partial charge in [-0.05, 0) is 31.2 Å². The molecule has 0 radical (unpaired) electrons. The zero-order chi connectivity index (χ0) is 19.7. The number of carbonyl (C=O) groups excluding carboxylic acids is 3. The highest BCUT2D eigenvalue weighted by Crippen LogP contribution is 2.32. The predicted molar refractivity (Wildman–Crippen MR) is 97.0 cm³/mol. The molecule has 3 heterocycles. The summed E-state index contributed by atoms with van der Waals surface area (Å²) in [6.45, 7) is 2.21. The lowest BCUT2D eigenvalue weighted by atomic mass is 9.99. The lowest BCUT2D eigenvalue weighted by Gasteiger charge is -2.19. The van der Waals surface area contributed by atoms with Gasteiger partial charge in [-0.15, -0.1) is 0 Å². The highest BCUT2D eigenvalue weighted by molar-refractivity contribution is 6.10. The van der Waals surface area contributed by atoms with Crippen LogP contribution in [0.2, 0.25) is 0 Å². The summed E-state index contributed by atoms with van der Waals surface area (Å²) in [5.41, 5.74) is -0.856. The molecule has 1 fully saturated rings. The van der Waals surface area contributed by atoms with Gasteiger partial charge in [-0.2, -0.15) is 0 Å². The number of carbonyl (C=O) groups is 3. The zero-order valence-corrected chi connectivity index (χ0v) is 15.2. The SMILES string of the molecule is C[C@@]1(c2ccco2)NC(=O)N(CC(=O)Nc2ccc3c(c2)OCCCO3)C1=O. The molecule has 2 aliphatic heterocycles. The molecule has 2 aromatic rings. The van der Waals surface area contributed by atoms with Crippen molar-refractivity contribution in [3.05, 3.63) is 42.4 Å². The first-order valence-electron chi connectivity index (χ1n) is 8.85. The largest absolute Gasteiger partial charge is 0.490 e. The molecular formula is C19H19N3O6. The van der Waals surface area contributed by atoms with E-state index in [-0.39, 0.29) is 0 Å². The van der Waals surface area contributed by atoms with Gasteiger partial charge in [0.2, 0.25) is 5.91 Å². The van der Waals surface area contributed by atoms with Crippen LogP contribution in [-0.2, 0) is 15.1 Å². The van der Waals surface area contributed by atoms with Crippen LogP contribution in [0.5, 0.6) is 11.5 Å². The molecule has 2 N–H and O–H groups in total. The second-order valence-electron chi connectivity index (χ2n) is 6.68. The molecule has 28 heavy (non-hydrogen) atoms. The Morgan fingerprint density at radius 3 is 2.75 bits per heavy atom. The van der Waals surface area contributed by atoms with Crippen LogP contribution >= 0.6 is 0 Å². The van der Waals surface area contributed by atoms with Gasteiger partial charge >= 0.3 is 6.03 Å². The van der Waals surface area contributed by atoms with E-state index >= 15 is 0 Å². The number of rotatable bonds is 4. The number of nitrogens with one attached hydrogen (secondary N) is 2. The molecule has 4 rings (SSSR count). The third-order valence-electron chi connectivity index (χ3n) is 4.62. The van der Waals surface area contributed by atoms with E-state index in [1.807, 2.05) is 0 Å². The van der Waals surface area contributed by atoms with Crippen LogP contribution in [0.25, 0.3) is 0 Å². The van der Waals surface area contributed by atoms with Gasteiger partial charge in [-0.1, -0.05) is 0 Å². The van der Waals surface area contributed by atoms with Crippen LogP contribution in [0, 0.1) is 0 Å². The quantitative estimate of drug-likeness (QED) is 0.777. The Balaban J connectivity index is 1.45. The molecule has 0 saturated carbocycles. The van der Waals surface area contributed by atoms with E-state index < -0.39 is 29.9 Å². The smallest absolute Gasteiger partial charge is 0.325 e. The van der Waals surface area contributed by atoms with Crippen LogP contribution < -0.4 is 20.1 Å². The molecule has 0 unspecified atom stereocenters. The highest BCUT2D eigenvalue weighted by Gasteiger charge is 2.51. The van der Waals surface area contributed by atoms with Crippen LogP contribution in [-0.4, -0.2) is 42.5 Å². The molecule has 1 atom stereocenters. The first-order valence-corrected chi connectivity index (χ1v) is 8.85. The minimum Gasteiger partial charge on any atom is -0.490 e. The summed E-state index contributed by atoms with van der Waals surface area (Å²) in [6, 6.07) is 7.59. The Morgan fingerprint density at radius 1 is 1.21 bits per heavy atom. The van der Waals surface area contributed by atoms with Gasteiger partial charge < -0.3 is 24.5 Å². The lowest BCUT2D eigenvalue weighted by molar-refractivity contribution is -0.134. The summed E-state index contributed by atoms with van der Waals surface area (Å²) in [6.07, 6.45) is 2.19.